The summed E-state index contributed by atoms with van der Waals surface area (Å²) in [6, 6.07) is 3.70. The van der Waals surface area contributed by atoms with Crippen molar-refractivity contribution < 1.29 is 10.0 Å². The minimum absolute atomic E-state index is 0.171. The Morgan fingerprint density at radius 1 is 1.67 bits per heavy atom. The number of benzene rings is 1. The normalized spacial score (nSPS) is 11.4. The lowest BCUT2D eigenvalue weighted by molar-refractivity contribution is -0.384. The van der Waals surface area contributed by atoms with Gasteiger partial charge in [0.15, 0.2) is 0 Å². The molecule has 0 aliphatic heterocycles. The topological polar surface area (TPSA) is 102 Å². The second kappa shape index (κ2) is 4.41. The van der Waals surface area contributed by atoms with Crippen LogP contribution < -0.4 is 5.73 Å². The van der Waals surface area contributed by atoms with Crippen LogP contribution in [0.5, 0.6) is 5.75 Å². The quantitative estimate of drug-likeness (QED) is 0.336. The highest BCUT2D eigenvalue weighted by atomic mass is 16.6. The first-order valence-electron chi connectivity index (χ1n) is 4.34. The molecule has 0 unspecified atom stereocenters. The van der Waals surface area contributed by atoms with Gasteiger partial charge in [-0.15, -0.1) is 0 Å². The summed E-state index contributed by atoms with van der Waals surface area (Å²) in [7, 11) is 0. The van der Waals surface area contributed by atoms with Gasteiger partial charge >= 0.3 is 0 Å². The van der Waals surface area contributed by atoms with E-state index in [1.54, 1.807) is 6.92 Å². The lowest BCUT2D eigenvalue weighted by Crippen LogP contribution is -2.13. The van der Waals surface area contributed by atoms with Crippen LogP contribution in [0, 0.1) is 10.1 Å². The number of hydrogen-bond donors (Lipinski definition) is 2. The Kier molecular flexibility index (Phi) is 3.22. The average molecular weight is 209 g/mol. The number of amidine groups is 1. The van der Waals surface area contributed by atoms with Gasteiger partial charge in [0.05, 0.1) is 16.6 Å². The fourth-order valence-corrected chi connectivity index (χ4v) is 1.11. The second-order valence-corrected chi connectivity index (χ2v) is 2.82. The van der Waals surface area contributed by atoms with Gasteiger partial charge in [0, 0.05) is 12.6 Å². The van der Waals surface area contributed by atoms with Crippen molar-refractivity contribution in [1.82, 2.24) is 0 Å². The molecule has 0 amide bonds. The monoisotopic (exact) mass is 209 g/mol. The number of non-ortho nitro benzene ring substituents is 1. The summed E-state index contributed by atoms with van der Waals surface area (Å²) in [4.78, 5) is 13.7. The van der Waals surface area contributed by atoms with Crippen LogP contribution in [-0.4, -0.2) is 22.4 Å². The molecule has 1 aromatic rings. The molecule has 80 valence electrons. The van der Waals surface area contributed by atoms with E-state index in [1.807, 2.05) is 0 Å². The van der Waals surface area contributed by atoms with Crippen molar-refractivity contribution in [3.8, 4) is 5.75 Å². The number of hydrogen-bond acceptors (Lipinski definition) is 4. The minimum Gasteiger partial charge on any atom is -0.507 e. The number of nitro groups is 1. The van der Waals surface area contributed by atoms with Crippen molar-refractivity contribution in [3.05, 3.63) is 33.9 Å². The molecule has 1 rings (SSSR count). The number of rotatable bonds is 3. The number of nitrogens with zero attached hydrogens (tertiary/aromatic N) is 2. The first kappa shape index (κ1) is 11.0. The SMILES string of the molecule is CCN=C(N)c1ccc([N+](=O)[O-])cc1O. The molecule has 0 aromatic heterocycles. The molecular formula is C9H11N3O3. The predicted octanol–water partition coefficient (Wildman–Crippen LogP) is 1.03. The molecule has 0 spiro atoms. The van der Waals surface area contributed by atoms with Crippen molar-refractivity contribution >= 4 is 11.5 Å². The summed E-state index contributed by atoms with van der Waals surface area (Å²) in [6.45, 7) is 2.29. The van der Waals surface area contributed by atoms with Gasteiger partial charge in [-0.3, -0.25) is 15.1 Å². The van der Waals surface area contributed by atoms with Gasteiger partial charge in [-0.2, -0.15) is 0 Å². The highest BCUT2D eigenvalue weighted by molar-refractivity contribution is 6.00. The molecule has 6 heteroatoms. The van der Waals surface area contributed by atoms with Gasteiger partial charge in [-0.1, -0.05) is 0 Å². The smallest absolute Gasteiger partial charge is 0.273 e. The van der Waals surface area contributed by atoms with E-state index in [4.69, 9.17) is 5.73 Å². The molecule has 0 saturated carbocycles. The molecule has 0 bridgehead atoms. The largest absolute Gasteiger partial charge is 0.507 e. The zero-order valence-corrected chi connectivity index (χ0v) is 8.17. The molecule has 0 saturated heterocycles. The summed E-state index contributed by atoms with van der Waals surface area (Å²) >= 11 is 0. The van der Waals surface area contributed by atoms with E-state index in [0.717, 1.165) is 6.07 Å². The standard InChI is InChI=1S/C9H11N3O3/c1-2-11-9(10)7-4-3-6(12(14)15)5-8(7)13/h3-5,13H,2H2,1H3,(H2,10,11). The number of nitro benzene ring substituents is 1. The van der Waals surface area contributed by atoms with Crippen LogP contribution in [-0.2, 0) is 0 Å². The molecule has 15 heavy (non-hydrogen) atoms. The van der Waals surface area contributed by atoms with Crippen molar-refractivity contribution in [2.75, 3.05) is 6.54 Å². The fraction of sp³-hybridized carbons (Fsp3) is 0.222. The zero-order chi connectivity index (χ0) is 11.4. The van der Waals surface area contributed by atoms with Gasteiger partial charge in [-0.05, 0) is 13.0 Å². The van der Waals surface area contributed by atoms with Crippen LogP contribution in [0.25, 0.3) is 0 Å². The molecular weight excluding hydrogens is 198 g/mol. The van der Waals surface area contributed by atoms with Crippen LogP contribution in [0.3, 0.4) is 0 Å². The maximum Gasteiger partial charge on any atom is 0.273 e. The van der Waals surface area contributed by atoms with Crippen LogP contribution >= 0.6 is 0 Å². The third-order valence-corrected chi connectivity index (χ3v) is 1.80. The number of nitrogens with two attached hydrogens (primary N) is 1. The zero-order valence-electron chi connectivity index (χ0n) is 8.17. The first-order chi connectivity index (χ1) is 7.06. The third-order valence-electron chi connectivity index (χ3n) is 1.80. The van der Waals surface area contributed by atoms with E-state index < -0.39 is 4.92 Å². The van der Waals surface area contributed by atoms with Crippen molar-refractivity contribution in [1.29, 1.82) is 0 Å². The predicted molar refractivity (Wildman–Crippen MR) is 56.0 cm³/mol. The molecule has 6 nitrogen and oxygen atoms in total. The van der Waals surface area contributed by atoms with Crippen LogP contribution in [0.4, 0.5) is 5.69 Å². The Morgan fingerprint density at radius 2 is 2.33 bits per heavy atom. The number of phenolic OH excluding ortho intramolecular Hbond substituents is 1. The summed E-state index contributed by atoms with van der Waals surface area (Å²) in [5, 5.41) is 19.9. The van der Waals surface area contributed by atoms with E-state index >= 15 is 0 Å². The molecule has 0 aliphatic rings. The Balaban J connectivity index is 3.14. The molecule has 0 radical (unpaired) electrons. The van der Waals surface area contributed by atoms with Crippen molar-refractivity contribution in [2.24, 2.45) is 10.7 Å². The Labute approximate surface area is 86.2 Å². The lowest BCUT2D eigenvalue weighted by Gasteiger charge is -2.03. The van der Waals surface area contributed by atoms with Gasteiger partial charge in [0.25, 0.3) is 5.69 Å². The Bertz CT molecular complexity index is 415. The molecule has 0 atom stereocenters. The maximum absolute atomic E-state index is 10.4. The van der Waals surface area contributed by atoms with Gasteiger partial charge < -0.3 is 10.8 Å². The van der Waals surface area contributed by atoms with Crippen molar-refractivity contribution in [2.45, 2.75) is 6.92 Å². The number of aliphatic imine (C=N–C) groups is 1. The summed E-state index contributed by atoms with van der Waals surface area (Å²) in [5.74, 6) is -0.0659. The highest BCUT2D eigenvalue weighted by Gasteiger charge is 2.11. The summed E-state index contributed by atoms with van der Waals surface area (Å²) in [5.41, 5.74) is 5.68. The van der Waals surface area contributed by atoms with Crippen LogP contribution in [0.15, 0.2) is 23.2 Å². The average Bonchev–Trinajstić information content (AvgIpc) is 2.17. The lowest BCUT2D eigenvalue weighted by atomic mass is 10.1. The minimum atomic E-state index is -0.587. The summed E-state index contributed by atoms with van der Waals surface area (Å²) < 4.78 is 0. The van der Waals surface area contributed by atoms with Gasteiger partial charge in [-0.25, -0.2) is 0 Å². The first-order valence-corrected chi connectivity index (χ1v) is 4.34. The maximum atomic E-state index is 10.4. The molecule has 0 fully saturated rings. The molecule has 0 heterocycles. The third kappa shape index (κ3) is 2.43. The fourth-order valence-electron chi connectivity index (χ4n) is 1.11. The van der Waals surface area contributed by atoms with E-state index in [1.165, 1.54) is 12.1 Å². The molecule has 0 aliphatic carbocycles. The van der Waals surface area contributed by atoms with Crippen LogP contribution in [0.2, 0.25) is 0 Å². The van der Waals surface area contributed by atoms with E-state index in [-0.39, 0.29) is 17.3 Å². The van der Waals surface area contributed by atoms with E-state index in [0.29, 0.717) is 12.1 Å². The van der Waals surface area contributed by atoms with E-state index in [2.05, 4.69) is 4.99 Å². The van der Waals surface area contributed by atoms with E-state index in [9.17, 15) is 15.2 Å². The molecule has 1 aromatic carbocycles. The highest BCUT2D eigenvalue weighted by Crippen LogP contribution is 2.22. The Morgan fingerprint density at radius 3 is 2.80 bits per heavy atom. The van der Waals surface area contributed by atoms with Gasteiger partial charge in [0.1, 0.15) is 11.6 Å². The summed E-state index contributed by atoms with van der Waals surface area (Å²) in [6.07, 6.45) is 0. The number of phenols is 1. The van der Waals surface area contributed by atoms with Crippen LogP contribution in [0.1, 0.15) is 12.5 Å². The Hall–Kier alpha value is -2.11. The van der Waals surface area contributed by atoms with Gasteiger partial charge in [0.2, 0.25) is 0 Å². The second-order valence-electron chi connectivity index (χ2n) is 2.82. The molecule has 3 N–H and O–H groups in total. The van der Waals surface area contributed by atoms with Crippen molar-refractivity contribution in [3.63, 3.8) is 0 Å². The number of aromatic hydroxyl groups is 1.